The van der Waals surface area contributed by atoms with Crippen LogP contribution in [-0.4, -0.2) is 45.7 Å². The molecule has 252 valence electrons. The summed E-state index contributed by atoms with van der Waals surface area (Å²) in [5.74, 6) is 0.559. The number of benzene rings is 4. The molecule has 6 rings (SSSR count). The Balaban J connectivity index is 1.30. The molecule has 8 heteroatoms. The van der Waals surface area contributed by atoms with Gasteiger partial charge in [0, 0.05) is 12.0 Å². The Labute approximate surface area is 286 Å². The van der Waals surface area contributed by atoms with Gasteiger partial charge in [0.15, 0.2) is 17.1 Å². The number of carbonyl (C=O) groups excluding carboxylic acids is 1. The monoisotopic (exact) mass is 659 g/mol. The van der Waals surface area contributed by atoms with Crippen LogP contribution in [0.15, 0.2) is 97.2 Å². The molecule has 0 fully saturated rings. The van der Waals surface area contributed by atoms with Crippen LogP contribution in [0.5, 0.6) is 28.7 Å². The van der Waals surface area contributed by atoms with Crippen molar-refractivity contribution < 1.29 is 34.3 Å². The number of hydrogen-bond acceptors (Lipinski definition) is 6. The molecule has 2 atom stereocenters. The summed E-state index contributed by atoms with van der Waals surface area (Å²) in [4.78, 5) is 16.0. The summed E-state index contributed by atoms with van der Waals surface area (Å²) in [5, 5.41) is 32.2. The number of phenols is 2. The van der Waals surface area contributed by atoms with E-state index in [0.717, 1.165) is 39.9 Å². The van der Waals surface area contributed by atoms with Gasteiger partial charge in [0.2, 0.25) is 5.75 Å². The first-order valence-corrected chi connectivity index (χ1v) is 16.6. The Kier molecular flexibility index (Phi) is 10.4. The summed E-state index contributed by atoms with van der Waals surface area (Å²) in [5.41, 5.74) is 6.75. The zero-order chi connectivity index (χ0) is 34.3. The highest BCUT2D eigenvalue weighted by Crippen LogP contribution is 2.52. The Morgan fingerprint density at radius 2 is 1.76 bits per heavy atom. The molecule has 4 N–H and O–H groups in total. The minimum absolute atomic E-state index is 0.0239. The van der Waals surface area contributed by atoms with Gasteiger partial charge in [-0.2, -0.15) is 11.9 Å². The fourth-order valence-electron chi connectivity index (χ4n) is 6.11. The molecule has 1 aliphatic heterocycles. The molecule has 0 amide bonds. The van der Waals surface area contributed by atoms with Gasteiger partial charge in [-0.15, -0.1) is 0 Å². The average Bonchev–Trinajstić information content (AvgIpc) is 3.61. The fraction of sp³-hybridized carbons (Fsp3) is 0.244. The average molecular weight is 660 g/mol. The minimum Gasteiger partial charge on any atom is -0.667 e. The number of aliphatic hydroxyl groups is 1. The largest absolute Gasteiger partial charge is 0.667 e. The fourth-order valence-corrected chi connectivity index (χ4v) is 6.11. The van der Waals surface area contributed by atoms with E-state index in [0.29, 0.717) is 29.7 Å². The molecule has 4 aromatic carbocycles. The van der Waals surface area contributed by atoms with Crippen molar-refractivity contribution in [1.29, 1.82) is 0 Å². The zero-order valence-corrected chi connectivity index (χ0v) is 27.7. The van der Waals surface area contributed by atoms with Gasteiger partial charge in [-0.3, -0.25) is 4.79 Å². The molecule has 0 aliphatic carbocycles. The number of fused-ring (bicyclic) bond motifs is 1. The standard InChI is InChI=1S/C41H40NO7/c1-3-31-23-30(25-42-31)29-11-7-10-27(22-29)13-19-34-38(46)41(47-2)40(48-21-20-33(44)16-12-26-8-5-4-6-9-26)37-35(45)24-36(49-39(34)37)28-14-17-32(43)18-15-28/h4-12,14-18,22-23,25,33,36,43-44H,3,13,19-21,24H2,1-2H3,(H,45,46)/q-1/p+1. The molecule has 2 heterocycles. The third kappa shape index (κ3) is 7.66. The summed E-state index contributed by atoms with van der Waals surface area (Å²) >= 11 is 0. The number of phenolic OH excluding ortho intramolecular Hbond substituents is 2. The maximum atomic E-state index is 11.7. The molecule has 49 heavy (non-hydrogen) atoms. The Hall–Kier alpha value is -5.47. The maximum Gasteiger partial charge on any atom is 0.335 e. The van der Waals surface area contributed by atoms with Crippen LogP contribution < -0.4 is 19.2 Å². The molecule has 0 spiro atoms. The SMILES string of the molecule is CCc1cc(-c2cccc(CCc3c(O)c(OC)c(OCCC(O)C=Cc4ccccc4)c4c3OC(c3ccc(O)cc3)CC4=[OH+])c2)c[n-]1. The van der Waals surface area contributed by atoms with Crippen molar-refractivity contribution >= 4 is 11.9 Å². The quantitative estimate of drug-likeness (QED) is 0.113. The van der Waals surface area contributed by atoms with Gasteiger partial charge in [0.25, 0.3) is 0 Å². The highest BCUT2D eigenvalue weighted by molar-refractivity contribution is 6.05. The van der Waals surface area contributed by atoms with Crippen LogP contribution in [-0.2, 0) is 19.3 Å². The number of ether oxygens (including phenoxy) is 3. The lowest BCUT2D eigenvalue weighted by Crippen LogP contribution is -2.24. The summed E-state index contributed by atoms with van der Waals surface area (Å²) in [6, 6.07) is 26.7. The predicted molar refractivity (Wildman–Crippen MR) is 190 cm³/mol. The van der Waals surface area contributed by atoms with E-state index < -0.39 is 12.2 Å². The van der Waals surface area contributed by atoms with E-state index in [1.807, 2.05) is 54.7 Å². The van der Waals surface area contributed by atoms with Crippen molar-refractivity contribution in [3.05, 3.63) is 131 Å². The van der Waals surface area contributed by atoms with Crippen LogP contribution >= 0.6 is 0 Å². The van der Waals surface area contributed by atoms with E-state index in [4.69, 9.17) is 14.2 Å². The minimum atomic E-state index is -0.781. The van der Waals surface area contributed by atoms with Crippen molar-refractivity contribution in [2.45, 2.75) is 51.2 Å². The van der Waals surface area contributed by atoms with Crippen LogP contribution in [0.2, 0.25) is 0 Å². The van der Waals surface area contributed by atoms with Crippen molar-refractivity contribution in [2.75, 3.05) is 13.7 Å². The van der Waals surface area contributed by atoms with Gasteiger partial charge in [-0.1, -0.05) is 98.3 Å². The van der Waals surface area contributed by atoms with Crippen LogP contribution in [0.1, 0.15) is 59.4 Å². The number of hydrogen-bond donors (Lipinski definition) is 3. The van der Waals surface area contributed by atoms with Gasteiger partial charge in [-0.05, 0) is 52.8 Å². The number of ketones is 1. The molecule has 0 radical (unpaired) electrons. The Bertz CT molecular complexity index is 1930. The van der Waals surface area contributed by atoms with Gasteiger partial charge in [0.1, 0.15) is 24.0 Å². The summed E-state index contributed by atoms with van der Waals surface area (Å²) in [6.45, 7) is 2.16. The first-order valence-electron chi connectivity index (χ1n) is 16.6. The molecular weight excluding hydrogens is 618 g/mol. The van der Waals surface area contributed by atoms with E-state index in [2.05, 4.69) is 30.1 Å². The van der Waals surface area contributed by atoms with Crippen molar-refractivity contribution in [3.8, 4) is 39.9 Å². The zero-order valence-electron chi connectivity index (χ0n) is 27.7. The number of rotatable bonds is 13. The molecule has 0 bridgehead atoms. The van der Waals surface area contributed by atoms with E-state index in [-0.39, 0.29) is 48.2 Å². The number of aromatic hydroxyl groups is 2. The Morgan fingerprint density at radius 3 is 2.49 bits per heavy atom. The third-order valence-electron chi connectivity index (χ3n) is 8.78. The van der Waals surface area contributed by atoms with Crippen molar-refractivity contribution in [3.63, 3.8) is 0 Å². The number of aromatic nitrogens is 1. The molecule has 0 saturated heterocycles. The summed E-state index contributed by atoms with van der Waals surface area (Å²) < 4.78 is 18.4. The lowest BCUT2D eigenvalue weighted by Gasteiger charge is -2.28. The second kappa shape index (κ2) is 15.2. The highest BCUT2D eigenvalue weighted by atomic mass is 16.5. The van der Waals surface area contributed by atoms with Gasteiger partial charge < -0.3 is 34.5 Å². The van der Waals surface area contributed by atoms with E-state index in [9.17, 15) is 20.1 Å². The first-order chi connectivity index (χ1) is 23.8. The van der Waals surface area contributed by atoms with Crippen molar-refractivity contribution in [1.82, 2.24) is 4.98 Å². The molecule has 1 aromatic heterocycles. The summed E-state index contributed by atoms with van der Waals surface area (Å²) in [6.07, 6.45) is 6.30. The predicted octanol–water partition coefficient (Wildman–Crippen LogP) is 7.34. The topological polar surface area (TPSA) is 124 Å². The van der Waals surface area contributed by atoms with Gasteiger partial charge in [0.05, 0.1) is 19.8 Å². The lowest BCUT2D eigenvalue weighted by atomic mass is 9.90. The third-order valence-corrected chi connectivity index (χ3v) is 8.78. The van der Waals surface area contributed by atoms with Crippen LogP contribution in [0.3, 0.4) is 0 Å². The van der Waals surface area contributed by atoms with E-state index >= 15 is 0 Å². The molecule has 2 unspecified atom stereocenters. The van der Waals surface area contributed by atoms with Gasteiger partial charge in [-0.25, -0.2) is 0 Å². The molecule has 5 aromatic rings. The number of aryl methyl sites for hydroxylation is 2. The van der Waals surface area contributed by atoms with Crippen LogP contribution in [0, 0.1) is 0 Å². The summed E-state index contributed by atoms with van der Waals surface area (Å²) in [7, 11) is 1.44. The molecule has 8 nitrogen and oxygen atoms in total. The molecule has 1 aliphatic rings. The second-order valence-electron chi connectivity index (χ2n) is 12.1. The van der Waals surface area contributed by atoms with Gasteiger partial charge >= 0.3 is 5.78 Å². The van der Waals surface area contributed by atoms with E-state index in [1.54, 1.807) is 30.3 Å². The van der Waals surface area contributed by atoms with Crippen LogP contribution in [0.25, 0.3) is 17.2 Å². The molecular formula is C41H41NO7. The normalized spacial score (nSPS) is 14.8. The number of aliphatic hydroxyl groups excluding tert-OH is 1. The smallest absolute Gasteiger partial charge is 0.335 e. The second-order valence-corrected chi connectivity index (χ2v) is 12.1. The van der Waals surface area contributed by atoms with Crippen molar-refractivity contribution in [2.24, 2.45) is 0 Å². The number of nitrogens with zero attached hydrogens (tertiary/aromatic N) is 1. The van der Waals surface area contributed by atoms with E-state index in [1.165, 1.54) is 7.11 Å². The first kappa shape index (κ1) is 33.4. The number of methoxy groups -OCH3 is 1. The Morgan fingerprint density at radius 1 is 0.959 bits per heavy atom. The highest BCUT2D eigenvalue weighted by Gasteiger charge is 2.40. The lowest BCUT2D eigenvalue weighted by molar-refractivity contribution is 0.172. The van der Waals surface area contributed by atoms with Crippen LogP contribution in [0.4, 0.5) is 0 Å². The maximum absolute atomic E-state index is 11.7. The molecule has 0 saturated carbocycles.